The number of aliphatic hydroxyl groups excluding tert-OH is 4. The number of aryl methyl sites for hydroxylation is 2. The summed E-state index contributed by atoms with van der Waals surface area (Å²) in [5.41, 5.74) is 3.75. The monoisotopic (exact) mass is 431 g/mol. The van der Waals surface area contributed by atoms with Crippen molar-refractivity contribution in [2.24, 2.45) is 0 Å². The number of aromatic nitrogens is 1. The number of phenolic OH excluding ortho intramolecular Hbond substituents is 1. The van der Waals surface area contributed by atoms with Crippen molar-refractivity contribution < 1.29 is 34.7 Å². The molecular weight excluding hydrogens is 405 g/mol. The molecule has 0 amide bonds. The molecule has 1 aromatic heterocycles. The van der Waals surface area contributed by atoms with Gasteiger partial charge < -0.3 is 34.8 Å². The summed E-state index contributed by atoms with van der Waals surface area (Å²) in [7, 11) is 0. The average molecular weight is 431 g/mol. The van der Waals surface area contributed by atoms with E-state index in [4.69, 9.17) is 4.74 Å². The molecule has 0 aliphatic carbocycles. The van der Waals surface area contributed by atoms with E-state index in [0.29, 0.717) is 5.56 Å². The van der Waals surface area contributed by atoms with Gasteiger partial charge in [0.2, 0.25) is 0 Å². The minimum absolute atomic E-state index is 0.156. The largest absolute Gasteiger partial charge is 0.508 e. The molecule has 2 aromatic carbocycles. The summed E-state index contributed by atoms with van der Waals surface area (Å²) in [5.74, 6) is -0.684. The van der Waals surface area contributed by atoms with Crippen LogP contribution in [0.25, 0.3) is 10.9 Å². The molecule has 5 atom stereocenters. The first-order valence-corrected chi connectivity index (χ1v) is 10.1. The Morgan fingerprint density at radius 1 is 0.968 bits per heavy atom. The Morgan fingerprint density at radius 3 is 2.35 bits per heavy atom. The van der Waals surface area contributed by atoms with Gasteiger partial charge in [-0.2, -0.15) is 0 Å². The fourth-order valence-corrected chi connectivity index (χ4v) is 4.36. The number of hydrogen-bond donors (Lipinski definition) is 5. The van der Waals surface area contributed by atoms with E-state index in [1.54, 1.807) is 10.8 Å². The molecule has 7 nitrogen and oxygen atoms in total. The predicted molar refractivity (Wildman–Crippen MR) is 111 cm³/mol. The van der Waals surface area contributed by atoms with E-state index in [0.717, 1.165) is 33.7 Å². The highest BCUT2D eigenvalue weighted by Crippen LogP contribution is 2.36. The van der Waals surface area contributed by atoms with E-state index in [-0.39, 0.29) is 12.2 Å². The van der Waals surface area contributed by atoms with Crippen LogP contribution in [0.3, 0.4) is 0 Å². The zero-order valence-corrected chi connectivity index (χ0v) is 17.2. The molecule has 31 heavy (non-hydrogen) atoms. The molecule has 1 saturated heterocycles. The van der Waals surface area contributed by atoms with E-state index in [1.165, 1.54) is 12.1 Å². The Kier molecular flexibility index (Phi) is 5.76. The number of phenols is 1. The summed E-state index contributed by atoms with van der Waals surface area (Å²) in [4.78, 5) is 0. The molecule has 5 N–H and O–H groups in total. The van der Waals surface area contributed by atoms with Crippen molar-refractivity contribution in [1.29, 1.82) is 0 Å². The van der Waals surface area contributed by atoms with Crippen LogP contribution in [-0.4, -0.2) is 61.1 Å². The Balaban J connectivity index is 1.86. The van der Waals surface area contributed by atoms with Gasteiger partial charge in [-0.05, 0) is 42.2 Å². The number of halogens is 1. The highest BCUT2D eigenvalue weighted by molar-refractivity contribution is 5.90. The molecule has 0 unspecified atom stereocenters. The Morgan fingerprint density at radius 2 is 1.68 bits per heavy atom. The van der Waals surface area contributed by atoms with E-state index >= 15 is 0 Å². The summed E-state index contributed by atoms with van der Waals surface area (Å²) in [6.45, 7) is 3.30. The predicted octanol–water partition coefficient (Wildman–Crippen LogP) is 1.67. The van der Waals surface area contributed by atoms with Gasteiger partial charge in [0.05, 0.1) is 12.1 Å². The fourth-order valence-electron chi connectivity index (χ4n) is 4.36. The van der Waals surface area contributed by atoms with Crippen LogP contribution in [0.1, 0.15) is 28.5 Å². The van der Waals surface area contributed by atoms with Crippen molar-refractivity contribution >= 4 is 10.9 Å². The van der Waals surface area contributed by atoms with Crippen LogP contribution in [0.4, 0.5) is 4.39 Å². The topological polar surface area (TPSA) is 115 Å². The normalized spacial score (nSPS) is 26.5. The quantitative estimate of drug-likeness (QED) is 0.429. The van der Waals surface area contributed by atoms with Gasteiger partial charge in [0, 0.05) is 24.1 Å². The Labute approximate surface area is 178 Å². The minimum Gasteiger partial charge on any atom is -0.508 e. The van der Waals surface area contributed by atoms with E-state index in [9.17, 15) is 29.9 Å². The molecule has 4 rings (SSSR count). The molecule has 8 heteroatoms. The van der Waals surface area contributed by atoms with Gasteiger partial charge in [-0.25, -0.2) is 4.39 Å². The minimum atomic E-state index is -1.50. The highest BCUT2D eigenvalue weighted by Gasteiger charge is 2.44. The summed E-state index contributed by atoms with van der Waals surface area (Å²) in [6, 6.07) is 7.87. The first-order valence-electron chi connectivity index (χ1n) is 10.1. The highest BCUT2D eigenvalue weighted by atomic mass is 19.1. The number of aliphatic hydroxyl groups is 4. The average Bonchev–Trinajstić information content (AvgIpc) is 3.11. The van der Waals surface area contributed by atoms with Crippen LogP contribution >= 0.6 is 0 Å². The number of ether oxygens (including phenoxy) is 1. The molecule has 0 bridgehead atoms. The molecule has 0 radical (unpaired) electrons. The van der Waals surface area contributed by atoms with Crippen LogP contribution in [0.15, 0.2) is 36.5 Å². The van der Waals surface area contributed by atoms with Gasteiger partial charge in [0.25, 0.3) is 0 Å². The number of fused-ring (bicyclic) bond motifs is 1. The third kappa shape index (κ3) is 3.71. The van der Waals surface area contributed by atoms with Gasteiger partial charge >= 0.3 is 0 Å². The van der Waals surface area contributed by atoms with Crippen LogP contribution in [-0.2, 0) is 11.2 Å². The fraction of sp³-hybridized carbons (Fsp3) is 0.391. The molecule has 2 heterocycles. The van der Waals surface area contributed by atoms with Crippen molar-refractivity contribution in [2.45, 2.75) is 50.9 Å². The lowest BCUT2D eigenvalue weighted by Crippen LogP contribution is -2.56. The number of benzene rings is 2. The smallest absolute Gasteiger partial charge is 0.163 e. The first kappa shape index (κ1) is 21.7. The maximum Gasteiger partial charge on any atom is 0.163 e. The lowest BCUT2D eigenvalue weighted by atomic mass is 9.98. The van der Waals surface area contributed by atoms with Gasteiger partial charge in [-0.15, -0.1) is 0 Å². The first-order chi connectivity index (χ1) is 14.7. The standard InChI is InChI=1S/C23H26FNO6/c1-11-3-4-12(2)19-18(11)14(7-13-5-6-15(27)8-16(13)24)9-25(19)23-22(30)21(29)20(28)17(10-26)31-23/h3-6,8-9,17,20-23,26-30H,7,10H2,1-2H3/t17-,20-,21+,22-,23-/m1/s1. The Bertz CT molecular complexity index is 1110. The van der Waals surface area contributed by atoms with Crippen LogP contribution in [0, 0.1) is 19.7 Å². The second kappa shape index (κ2) is 8.22. The van der Waals surface area contributed by atoms with Crippen molar-refractivity contribution in [2.75, 3.05) is 6.61 Å². The van der Waals surface area contributed by atoms with Gasteiger partial charge in [-0.3, -0.25) is 0 Å². The maximum absolute atomic E-state index is 14.4. The second-order valence-corrected chi connectivity index (χ2v) is 8.16. The van der Waals surface area contributed by atoms with Crippen molar-refractivity contribution in [1.82, 2.24) is 4.57 Å². The maximum atomic E-state index is 14.4. The molecule has 166 valence electrons. The number of aromatic hydroxyl groups is 1. The molecule has 0 spiro atoms. The zero-order chi connectivity index (χ0) is 22.4. The summed E-state index contributed by atoms with van der Waals surface area (Å²) < 4.78 is 21.9. The SMILES string of the molecule is Cc1ccc(C)c2c1c(Cc1ccc(O)cc1F)cn2[C@@H]1O[C@H](CO)[C@@H](O)[C@H](O)[C@H]1O. The van der Waals surface area contributed by atoms with Crippen molar-refractivity contribution in [3.63, 3.8) is 0 Å². The summed E-state index contributed by atoms with van der Waals surface area (Å²) >= 11 is 0. The molecule has 1 fully saturated rings. The van der Waals surface area contributed by atoms with Crippen LogP contribution < -0.4 is 0 Å². The number of hydrogen-bond acceptors (Lipinski definition) is 6. The van der Waals surface area contributed by atoms with Crippen molar-refractivity contribution in [3.8, 4) is 5.75 Å². The van der Waals surface area contributed by atoms with Gasteiger partial charge in [0.1, 0.15) is 36.0 Å². The Hall–Kier alpha value is -2.49. The zero-order valence-electron chi connectivity index (χ0n) is 17.2. The molecule has 1 aliphatic rings. The van der Waals surface area contributed by atoms with E-state index in [1.807, 2.05) is 26.0 Å². The summed E-state index contributed by atoms with van der Waals surface area (Å²) in [6.07, 6.45) is -4.52. The van der Waals surface area contributed by atoms with Crippen LogP contribution in [0.5, 0.6) is 5.75 Å². The second-order valence-electron chi connectivity index (χ2n) is 8.16. The van der Waals surface area contributed by atoms with Gasteiger partial charge in [0.15, 0.2) is 6.23 Å². The molecule has 1 aliphatic heterocycles. The third-order valence-corrected chi connectivity index (χ3v) is 6.02. The van der Waals surface area contributed by atoms with Crippen molar-refractivity contribution in [3.05, 3.63) is 64.6 Å². The lowest BCUT2D eigenvalue weighted by Gasteiger charge is -2.40. The van der Waals surface area contributed by atoms with E-state index < -0.39 is 43.1 Å². The molecular formula is C23H26FNO6. The lowest BCUT2D eigenvalue weighted by molar-refractivity contribution is -0.250. The van der Waals surface area contributed by atoms with Gasteiger partial charge in [-0.1, -0.05) is 18.2 Å². The molecule has 3 aromatic rings. The van der Waals surface area contributed by atoms with Crippen LogP contribution in [0.2, 0.25) is 0 Å². The third-order valence-electron chi connectivity index (χ3n) is 6.02. The number of rotatable bonds is 4. The summed E-state index contributed by atoms with van der Waals surface area (Å²) in [5, 5.41) is 50.9. The van der Waals surface area contributed by atoms with E-state index in [2.05, 4.69) is 0 Å². The molecule has 0 saturated carbocycles. The number of nitrogens with zero attached hydrogens (tertiary/aromatic N) is 1.